The summed E-state index contributed by atoms with van der Waals surface area (Å²) < 4.78 is 11.9. The van der Waals surface area contributed by atoms with Crippen molar-refractivity contribution in [3.63, 3.8) is 0 Å². The highest BCUT2D eigenvalue weighted by atomic mass is 35.5. The van der Waals surface area contributed by atoms with Crippen LogP contribution < -0.4 is 4.74 Å². The summed E-state index contributed by atoms with van der Waals surface area (Å²) in [7, 11) is 0. The van der Waals surface area contributed by atoms with Gasteiger partial charge in [0.1, 0.15) is 11.5 Å². The molecule has 1 aliphatic carbocycles. The third-order valence-corrected chi connectivity index (χ3v) is 7.07. The van der Waals surface area contributed by atoms with Gasteiger partial charge in [0.05, 0.1) is 46.8 Å². The van der Waals surface area contributed by atoms with Crippen molar-refractivity contribution in [2.45, 2.75) is 38.4 Å². The highest BCUT2D eigenvalue weighted by molar-refractivity contribution is 6.31. The molecule has 3 heterocycles. The first kappa shape index (κ1) is 19.7. The number of aliphatic hydroxyl groups is 1. The quantitative estimate of drug-likeness (QED) is 0.584. The first-order valence-corrected chi connectivity index (χ1v) is 11.3. The number of hydrogen-bond acceptors (Lipinski definition) is 6. The van der Waals surface area contributed by atoms with E-state index >= 15 is 0 Å². The van der Waals surface area contributed by atoms with E-state index in [1.807, 2.05) is 25.1 Å². The molecular weight excluding hydrogens is 428 g/mol. The van der Waals surface area contributed by atoms with Crippen LogP contribution in [0.2, 0.25) is 5.02 Å². The second kappa shape index (κ2) is 7.29. The third kappa shape index (κ3) is 2.93. The minimum Gasteiger partial charge on any atom is -0.511 e. The van der Waals surface area contributed by atoms with Gasteiger partial charge < -0.3 is 14.6 Å². The number of aryl methyl sites for hydroxylation is 1. The maximum Gasteiger partial charge on any atom is 0.238 e. The first-order valence-electron chi connectivity index (χ1n) is 10.9. The molecule has 4 atom stereocenters. The van der Waals surface area contributed by atoms with Crippen LogP contribution in [0, 0.1) is 11.8 Å². The lowest BCUT2D eigenvalue weighted by Gasteiger charge is -2.19. The molecule has 2 bridgehead atoms. The number of hydrogen-bond donors (Lipinski definition) is 1. The Kier molecular flexibility index (Phi) is 4.49. The zero-order valence-corrected chi connectivity index (χ0v) is 18.2. The molecule has 0 spiro atoms. The molecule has 0 saturated carbocycles. The largest absolute Gasteiger partial charge is 0.511 e. The molecule has 2 aliphatic heterocycles. The minimum absolute atomic E-state index is 0.0195. The van der Waals surface area contributed by atoms with Crippen LogP contribution in [-0.4, -0.2) is 33.1 Å². The van der Waals surface area contributed by atoms with Crippen LogP contribution in [0.15, 0.2) is 48.4 Å². The van der Waals surface area contributed by atoms with Gasteiger partial charge in [-0.2, -0.15) is 0 Å². The molecule has 7 heteroatoms. The Morgan fingerprint density at radius 3 is 2.72 bits per heavy atom. The Morgan fingerprint density at radius 2 is 1.94 bits per heavy atom. The normalized spacial score (nSPS) is 26.2. The number of nitrogens with zero attached hydrogens (tertiary/aromatic N) is 2. The lowest BCUT2D eigenvalue weighted by Crippen LogP contribution is -2.29. The van der Waals surface area contributed by atoms with E-state index < -0.39 is 0 Å². The number of benzene rings is 2. The van der Waals surface area contributed by atoms with Crippen LogP contribution in [-0.2, 0) is 16.0 Å². The summed E-state index contributed by atoms with van der Waals surface area (Å²) in [5, 5.41) is 11.6. The summed E-state index contributed by atoms with van der Waals surface area (Å²) in [6, 6.07) is 10.9. The van der Waals surface area contributed by atoms with Crippen LogP contribution in [0.4, 0.5) is 0 Å². The number of aliphatic hydroxyl groups excluding tert-OH is 1. The average molecular weight is 449 g/mol. The van der Waals surface area contributed by atoms with E-state index in [0.29, 0.717) is 33.3 Å². The Bertz CT molecular complexity index is 1300. The Balaban J connectivity index is 1.37. The van der Waals surface area contributed by atoms with Crippen molar-refractivity contribution in [3.05, 3.63) is 64.5 Å². The summed E-state index contributed by atoms with van der Waals surface area (Å²) in [5.41, 5.74) is 3.48. The van der Waals surface area contributed by atoms with E-state index in [1.165, 1.54) is 0 Å². The second-order valence-electron chi connectivity index (χ2n) is 8.58. The summed E-state index contributed by atoms with van der Waals surface area (Å²) in [4.78, 5) is 22.2. The molecule has 0 radical (unpaired) electrons. The number of halogens is 1. The number of ether oxygens (including phenoxy) is 2. The van der Waals surface area contributed by atoms with Crippen LogP contribution >= 0.6 is 11.6 Å². The monoisotopic (exact) mass is 448 g/mol. The van der Waals surface area contributed by atoms with Crippen molar-refractivity contribution in [2.75, 3.05) is 0 Å². The van der Waals surface area contributed by atoms with E-state index in [-0.39, 0.29) is 35.6 Å². The SMILES string of the molecule is CCc1ccc(Oc2cnc3cc(Cl)ccc3n2)cc1C1=C(O)[C@H]2[C@@H](C1=O)[C@H]1CC[C@@H]2O1. The van der Waals surface area contributed by atoms with Crippen LogP contribution in [0.1, 0.15) is 30.9 Å². The number of rotatable bonds is 4. The molecule has 3 aromatic rings. The van der Waals surface area contributed by atoms with Gasteiger partial charge in [0.25, 0.3) is 0 Å². The van der Waals surface area contributed by atoms with Gasteiger partial charge in [0, 0.05) is 5.02 Å². The molecule has 6 nitrogen and oxygen atoms in total. The minimum atomic E-state index is -0.267. The van der Waals surface area contributed by atoms with Crippen LogP contribution in [0.3, 0.4) is 0 Å². The molecule has 2 saturated heterocycles. The van der Waals surface area contributed by atoms with Gasteiger partial charge in [0.2, 0.25) is 5.88 Å². The fraction of sp³-hybridized carbons (Fsp3) is 0.320. The van der Waals surface area contributed by atoms with E-state index in [9.17, 15) is 9.90 Å². The van der Waals surface area contributed by atoms with Gasteiger partial charge in [-0.1, -0.05) is 24.6 Å². The fourth-order valence-corrected chi connectivity index (χ4v) is 5.55. The zero-order valence-electron chi connectivity index (χ0n) is 17.4. The highest BCUT2D eigenvalue weighted by Crippen LogP contribution is 2.54. The molecule has 0 amide bonds. The Labute approximate surface area is 189 Å². The molecule has 32 heavy (non-hydrogen) atoms. The van der Waals surface area contributed by atoms with Crippen LogP contribution in [0.5, 0.6) is 11.6 Å². The molecular formula is C25H21ClN2O4. The van der Waals surface area contributed by atoms with Gasteiger partial charge in [-0.05, 0) is 60.7 Å². The molecule has 1 N–H and O–H groups in total. The molecule has 0 unspecified atom stereocenters. The summed E-state index contributed by atoms with van der Waals surface area (Å²) >= 11 is 6.02. The number of carbonyl (C=O) groups is 1. The number of Topliss-reactive ketones (excluding diaryl/α,β-unsaturated/α-hetero) is 1. The van der Waals surface area contributed by atoms with Crippen molar-refractivity contribution in [1.29, 1.82) is 0 Å². The van der Waals surface area contributed by atoms with Crippen molar-refractivity contribution < 1.29 is 19.4 Å². The van der Waals surface area contributed by atoms with E-state index in [2.05, 4.69) is 9.97 Å². The number of ketones is 1. The van der Waals surface area contributed by atoms with Crippen molar-refractivity contribution in [3.8, 4) is 11.6 Å². The standard InChI is InChI=1S/C25H21ClN2O4/c1-2-12-3-5-14(31-20-11-27-17-9-13(26)4-6-16(17)28-20)10-15(12)21-24(29)22-18-7-8-19(32-18)23(22)25(21)30/h3-6,9-11,18-19,22-23,29H,2,7-8H2,1H3/t18-,19+,22+,23-/m0/s1. The predicted octanol–water partition coefficient (Wildman–Crippen LogP) is 5.28. The molecule has 2 aromatic carbocycles. The average Bonchev–Trinajstić information content (AvgIpc) is 3.47. The molecule has 6 rings (SSSR count). The molecule has 1 aromatic heterocycles. The Hall–Kier alpha value is -2.96. The van der Waals surface area contributed by atoms with Crippen molar-refractivity contribution in [1.82, 2.24) is 9.97 Å². The number of allylic oxidation sites excluding steroid dienone is 1. The highest BCUT2D eigenvalue weighted by Gasteiger charge is 2.59. The number of aromatic nitrogens is 2. The van der Waals surface area contributed by atoms with Gasteiger partial charge in [-0.15, -0.1) is 0 Å². The number of carbonyl (C=O) groups excluding carboxylic acids is 1. The lowest BCUT2D eigenvalue weighted by atomic mass is 9.80. The van der Waals surface area contributed by atoms with E-state index in [0.717, 1.165) is 30.4 Å². The second-order valence-corrected chi connectivity index (χ2v) is 9.02. The van der Waals surface area contributed by atoms with Crippen molar-refractivity contribution in [2.24, 2.45) is 11.8 Å². The molecule has 162 valence electrons. The summed E-state index contributed by atoms with van der Waals surface area (Å²) in [5.74, 6) is 0.536. The zero-order chi connectivity index (χ0) is 22.0. The van der Waals surface area contributed by atoms with Crippen molar-refractivity contribution >= 4 is 34.0 Å². The van der Waals surface area contributed by atoms with Gasteiger partial charge in [-0.25, -0.2) is 9.97 Å². The smallest absolute Gasteiger partial charge is 0.238 e. The summed E-state index contributed by atoms with van der Waals surface area (Å²) in [6.45, 7) is 2.03. The lowest BCUT2D eigenvalue weighted by molar-refractivity contribution is -0.118. The molecule has 2 fully saturated rings. The topological polar surface area (TPSA) is 81.5 Å². The van der Waals surface area contributed by atoms with Gasteiger partial charge >= 0.3 is 0 Å². The first-order chi connectivity index (χ1) is 15.5. The molecule has 3 aliphatic rings. The van der Waals surface area contributed by atoms with E-state index in [4.69, 9.17) is 21.1 Å². The summed E-state index contributed by atoms with van der Waals surface area (Å²) in [6.07, 6.45) is 3.91. The third-order valence-electron chi connectivity index (χ3n) is 6.83. The Morgan fingerprint density at radius 1 is 1.12 bits per heavy atom. The fourth-order valence-electron chi connectivity index (χ4n) is 5.39. The van der Waals surface area contributed by atoms with E-state index in [1.54, 1.807) is 24.4 Å². The number of fused-ring (bicyclic) bond motifs is 6. The van der Waals surface area contributed by atoms with Gasteiger partial charge in [0.15, 0.2) is 5.78 Å². The predicted molar refractivity (Wildman–Crippen MR) is 120 cm³/mol. The maximum atomic E-state index is 13.3. The van der Waals surface area contributed by atoms with Gasteiger partial charge in [-0.3, -0.25) is 4.79 Å². The van der Waals surface area contributed by atoms with Crippen LogP contribution in [0.25, 0.3) is 16.6 Å². The maximum absolute atomic E-state index is 13.3.